The summed E-state index contributed by atoms with van der Waals surface area (Å²) in [6.07, 6.45) is 1.86. The summed E-state index contributed by atoms with van der Waals surface area (Å²) in [6.45, 7) is 6.39. The SMILES string of the molecule is CC(C)(C)OOC(=O)[C@@H]1CCCN1. The predicted molar refractivity (Wildman–Crippen MR) is 48.0 cm³/mol. The maximum absolute atomic E-state index is 11.3. The highest BCUT2D eigenvalue weighted by atomic mass is 17.2. The molecule has 1 aliphatic rings. The van der Waals surface area contributed by atoms with Crippen LogP contribution >= 0.6 is 0 Å². The molecule has 0 aromatic rings. The molecule has 4 heteroatoms. The molecule has 1 rings (SSSR count). The van der Waals surface area contributed by atoms with Crippen LogP contribution < -0.4 is 5.32 Å². The molecule has 1 aliphatic heterocycles. The average molecular weight is 187 g/mol. The second-order valence-electron chi connectivity index (χ2n) is 4.25. The summed E-state index contributed by atoms with van der Waals surface area (Å²) in [7, 11) is 0. The van der Waals surface area contributed by atoms with E-state index in [1.807, 2.05) is 20.8 Å². The van der Waals surface area contributed by atoms with Crippen LogP contribution in [0.25, 0.3) is 0 Å². The number of carbonyl (C=O) groups is 1. The van der Waals surface area contributed by atoms with Crippen molar-refractivity contribution in [3.63, 3.8) is 0 Å². The van der Waals surface area contributed by atoms with Gasteiger partial charge in [-0.3, -0.25) is 4.89 Å². The fourth-order valence-corrected chi connectivity index (χ4v) is 1.11. The topological polar surface area (TPSA) is 47.6 Å². The molecule has 4 nitrogen and oxygen atoms in total. The van der Waals surface area contributed by atoms with Crippen LogP contribution in [0.2, 0.25) is 0 Å². The van der Waals surface area contributed by atoms with Crippen LogP contribution in [0.3, 0.4) is 0 Å². The Balaban J connectivity index is 2.25. The number of rotatable bonds is 2. The van der Waals surface area contributed by atoms with Crippen molar-refractivity contribution in [2.24, 2.45) is 0 Å². The molecule has 1 fully saturated rings. The summed E-state index contributed by atoms with van der Waals surface area (Å²) in [4.78, 5) is 20.9. The Bertz CT molecular complexity index is 180. The summed E-state index contributed by atoms with van der Waals surface area (Å²) < 4.78 is 0. The standard InChI is InChI=1S/C9H17NO3/c1-9(2,3)13-12-8(11)7-5-4-6-10-7/h7,10H,4-6H2,1-3H3/t7-/m0/s1. The molecule has 1 heterocycles. The van der Waals surface area contributed by atoms with Gasteiger partial charge in [-0.15, -0.1) is 0 Å². The molecule has 0 unspecified atom stereocenters. The summed E-state index contributed by atoms with van der Waals surface area (Å²) in [6, 6.07) is -0.178. The summed E-state index contributed by atoms with van der Waals surface area (Å²) in [5.41, 5.74) is -0.436. The van der Waals surface area contributed by atoms with E-state index < -0.39 is 5.60 Å². The van der Waals surface area contributed by atoms with Crippen molar-refractivity contribution in [3.8, 4) is 0 Å². The second-order valence-corrected chi connectivity index (χ2v) is 4.25. The van der Waals surface area contributed by atoms with E-state index in [1.54, 1.807) is 0 Å². The van der Waals surface area contributed by atoms with Gasteiger partial charge >= 0.3 is 5.97 Å². The highest BCUT2D eigenvalue weighted by Crippen LogP contribution is 2.11. The van der Waals surface area contributed by atoms with Crippen LogP contribution in [0, 0.1) is 0 Å². The maximum atomic E-state index is 11.3. The normalized spacial score (nSPS) is 23.2. The monoisotopic (exact) mass is 187 g/mol. The molecular formula is C9H17NO3. The zero-order valence-electron chi connectivity index (χ0n) is 8.42. The Labute approximate surface area is 78.5 Å². The molecule has 76 valence electrons. The molecule has 13 heavy (non-hydrogen) atoms. The first-order chi connectivity index (χ1) is 5.99. The van der Waals surface area contributed by atoms with Crippen molar-refractivity contribution >= 4 is 5.97 Å². The van der Waals surface area contributed by atoms with Gasteiger partial charge in [-0.2, -0.15) is 4.89 Å². The Kier molecular flexibility index (Phi) is 3.27. The third kappa shape index (κ3) is 3.74. The van der Waals surface area contributed by atoms with Crippen LogP contribution in [-0.2, 0) is 14.6 Å². The van der Waals surface area contributed by atoms with E-state index in [0.29, 0.717) is 0 Å². The first kappa shape index (κ1) is 10.5. The Hall–Kier alpha value is -0.610. The number of carbonyl (C=O) groups excluding carboxylic acids is 1. The molecular weight excluding hydrogens is 170 g/mol. The van der Waals surface area contributed by atoms with E-state index in [2.05, 4.69) is 10.2 Å². The zero-order valence-corrected chi connectivity index (χ0v) is 8.42. The van der Waals surface area contributed by atoms with Gasteiger partial charge < -0.3 is 5.32 Å². The van der Waals surface area contributed by atoms with Gasteiger partial charge in [-0.05, 0) is 40.2 Å². The molecule has 0 amide bonds. The third-order valence-corrected chi connectivity index (χ3v) is 1.72. The fourth-order valence-electron chi connectivity index (χ4n) is 1.11. The van der Waals surface area contributed by atoms with Gasteiger partial charge in [0.2, 0.25) is 0 Å². The average Bonchev–Trinajstić information content (AvgIpc) is 2.50. The number of hydrogen-bond acceptors (Lipinski definition) is 4. The van der Waals surface area contributed by atoms with E-state index in [4.69, 9.17) is 4.89 Å². The van der Waals surface area contributed by atoms with Gasteiger partial charge in [0.05, 0.1) is 0 Å². The molecule has 1 atom stereocenters. The summed E-state index contributed by atoms with van der Waals surface area (Å²) in [5.74, 6) is -0.313. The van der Waals surface area contributed by atoms with E-state index in [0.717, 1.165) is 19.4 Å². The van der Waals surface area contributed by atoms with Gasteiger partial charge in [-0.25, -0.2) is 4.79 Å². The Morgan fingerprint density at radius 3 is 2.62 bits per heavy atom. The quantitative estimate of drug-likeness (QED) is 0.517. The van der Waals surface area contributed by atoms with Crippen molar-refractivity contribution in [2.45, 2.75) is 45.3 Å². The lowest BCUT2D eigenvalue weighted by Crippen LogP contribution is -2.34. The van der Waals surface area contributed by atoms with Crippen LogP contribution in [-0.4, -0.2) is 24.2 Å². The largest absolute Gasteiger partial charge is 0.359 e. The molecule has 0 aromatic carbocycles. The van der Waals surface area contributed by atoms with Gasteiger partial charge in [-0.1, -0.05) is 0 Å². The van der Waals surface area contributed by atoms with Crippen molar-refractivity contribution < 1.29 is 14.6 Å². The van der Waals surface area contributed by atoms with Crippen molar-refractivity contribution in [3.05, 3.63) is 0 Å². The highest BCUT2D eigenvalue weighted by Gasteiger charge is 2.26. The smallest absolute Gasteiger partial charge is 0.304 e. The van der Waals surface area contributed by atoms with E-state index in [9.17, 15) is 4.79 Å². The van der Waals surface area contributed by atoms with Gasteiger partial charge in [0.25, 0.3) is 0 Å². The van der Waals surface area contributed by atoms with Gasteiger partial charge in [0, 0.05) is 0 Å². The maximum Gasteiger partial charge on any atom is 0.359 e. The molecule has 1 saturated heterocycles. The minimum Gasteiger partial charge on any atom is -0.304 e. The second kappa shape index (κ2) is 4.07. The first-order valence-electron chi connectivity index (χ1n) is 4.62. The Morgan fingerprint density at radius 1 is 1.46 bits per heavy atom. The van der Waals surface area contributed by atoms with E-state index in [1.165, 1.54) is 0 Å². The van der Waals surface area contributed by atoms with Gasteiger partial charge in [0.15, 0.2) is 0 Å². The minimum absolute atomic E-state index is 0.178. The third-order valence-electron chi connectivity index (χ3n) is 1.72. The lowest BCUT2D eigenvalue weighted by Gasteiger charge is -2.18. The molecule has 0 radical (unpaired) electrons. The van der Waals surface area contributed by atoms with Crippen molar-refractivity contribution in [2.75, 3.05) is 6.54 Å². The molecule has 0 aliphatic carbocycles. The zero-order chi connectivity index (χ0) is 9.90. The van der Waals surface area contributed by atoms with Crippen LogP contribution in [0.1, 0.15) is 33.6 Å². The van der Waals surface area contributed by atoms with E-state index >= 15 is 0 Å². The summed E-state index contributed by atoms with van der Waals surface area (Å²) >= 11 is 0. The minimum atomic E-state index is -0.436. The molecule has 0 bridgehead atoms. The molecule has 1 N–H and O–H groups in total. The van der Waals surface area contributed by atoms with Crippen LogP contribution in [0.4, 0.5) is 0 Å². The fraction of sp³-hybridized carbons (Fsp3) is 0.889. The Morgan fingerprint density at radius 2 is 2.15 bits per heavy atom. The molecule has 0 saturated carbocycles. The number of nitrogens with one attached hydrogen (secondary N) is 1. The highest BCUT2D eigenvalue weighted by molar-refractivity contribution is 5.75. The van der Waals surface area contributed by atoms with E-state index in [-0.39, 0.29) is 12.0 Å². The summed E-state index contributed by atoms with van der Waals surface area (Å²) in [5, 5.41) is 3.04. The molecule has 0 spiro atoms. The van der Waals surface area contributed by atoms with Crippen molar-refractivity contribution in [1.29, 1.82) is 0 Å². The van der Waals surface area contributed by atoms with Gasteiger partial charge in [0.1, 0.15) is 11.6 Å². The van der Waals surface area contributed by atoms with Crippen LogP contribution in [0.5, 0.6) is 0 Å². The predicted octanol–water partition coefficient (Wildman–Crippen LogP) is 1.01. The molecule has 0 aromatic heterocycles. The van der Waals surface area contributed by atoms with Crippen LogP contribution in [0.15, 0.2) is 0 Å². The number of hydrogen-bond donors (Lipinski definition) is 1. The first-order valence-corrected chi connectivity index (χ1v) is 4.62. The lowest BCUT2D eigenvalue weighted by molar-refractivity contribution is -0.321. The van der Waals surface area contributed by atoms with Crippen molar-refractivity contribution in [1.82, 2.24) is 5.32 Å². The lowest BCUT2D eigenvalue weighted by atomic mass is 10.2.